The van der Waals surface area contributed by atoms with Gasteiger partial charge in [-0.25, -0.2) is 48.1 Å². The molecule has 0 aliphatic heterocycles. The van der Waals surface area contributed by atoms with E-state index in [4.69, 9.17) is 32.6 Å². The fraction of sp³-hybridized carbons (Fsp3) is 0.0161. The standard InChI is InChI=1S/C9I7N.2C8I6N2.C8H2I4S.C7H3Cl2F3.C7HI4NS.C6I6.C5I5N.C4I4O/c10-2-1-3(11)7(15)9(16)17-8(1)6(14)5(13)4(2)12;9-2-1-3(10)5(12)7(14)16-8(1)15-6(13)4(2)11;9-1-2(10)4(12)6-5(3(1)11)15-7(13)8(14)16-6;9-5-3-1-13-2-4(3)6(10)8(12)7(5)11;1-2-5(10)3(8)7(12)4(9)6(2)11;8-2-3(9)5(11)7-6(4(2)10)12-1-13-7;7-1-2(8)4(10)6(12)5(11)3(1)9;6-1-2(7)4(9)11-5(10)3(1)8;5-1-2(6)4(8)9-3(1)7/h;;;1-2H;1H3;1H;;;. The Morgan fingerprint density at radius 3 is 0.874 bits per heavy atom. The molecule has 0 saturated heterocycles. The number of hydrogen-bond acceptors (Lipinski definition) is 10. The topological polar surface area (TPSA) is 103 Å². The highest BCUT2D eigenvalue weighted by molar-refractivity contribution is 14.2. The van der Waals surface area contributed by atoms with E-state index in [1.54, 1.807) is 22.7 Å². The van der Waals surface area contributed by atoms with Crippen molar-refractivity contribution in [2.75, 3.05) is 0 Å². The molecule has 0 amide bonds. The van der Waals surface area contributed by atoms with E-state index < -0.39 is 27.5 Å². The van der Waals surface area contributed by atoms with Crippen LogP contribution in [0.15, 0.2) is 20.7 Å². The van der Waals surface area contributed by atoms with Gasteiger partial charge in [-0.1, -0.05) is 23.2 Å². The molecule has 6 aromatic carbocycles. The summed E-state index contributed by atoms with van der Waals surface area (Å²) in [6.07, 6.45) is 0. The molecule has 57 heteroatoms. The number of hydrogen-bond donors (Lipinski definition) is 0. The van der Waals surface area contributed by atoms with E-state index in [-0.39, 0.29) is 5.56 Å². The summed E-state index contributed by atoms with van der Waals surface area (Å²) in [5, 5.41) is 8.19. The quantitative estimate of drug-likeness (QED) is 0.0640. The smallest absolute Gasteiger partial charge is 0.179 e. The molecule has 0 fully saturated rings. The van der Waals surface area contributed by atoms with Crippen molar-refractivity contribution in [3.63, 3.8) is 0 Å². The van der Waals surface area contributed by atoms with Gasteiger partial charge < -0.3 is 4.42 Å². The molecule has 0 N–H and O–H groups in total. The number of furan rings is 1. The van der Waals surface area contributed by atoms with Gasteiger partial charge in [-0.05, 0) is 921 Å². The van der Waals surface area contributed by atoms with Gasteiger partial charge >= 0.3 is 0 Å². The Balaban J connectivity index is 0.000000209. The molecule has 0 radical (unpaired) electrons. The number of halogens is 47. The Morgan fingerprint density at radius 2 is 0.521 bits per heavy atom. The maximum absolute atomic E-state index is 12.8. The third kappa shape index (κ3) is 34.5. The minimum absolute atomic E-state index is 0.383. The molecule has 8 heterocycles. The molecule has 0 atom stereocenters. The van der Waals surface area contributed by atoms with Crippen molar-refractivity contribution in [1.29, 1.82) is 0 Å². The van der Waals surface area contributed by atoms with E-state index in [9.17, 15) is 13.2 Å². The first-order valence-electron chi connectivity index (χ1n) is 27.9. The molecule has 14 rings (SSSR count). The number of benzene rings is 6. The number of thiazole rings is 1. The lowest BCUT2D eigenvalue weighted by molar-refractivity contribution is 0.507. The zero-order valence-corrected chi connectivity index (χ0v) is 148. The molecular formula is C62H6Cl2F3I42N7OS2. The van der Waals surface area contributed by atoms with Crippen LogP contribution in [-0.4, -0.2) is 34.9 Å². The van der Waals surface area contributed by atoms with Gasteiger partial charge in [0, 0.05) is 151 Å². The van der Waals surface area contributed by atoms with E-state index in [1.807, 2.05) is 5.51 Å². The van der Waals surface area contributed by atoms with Gasteiger partial charge in [-0.2, -0.15) is 11.3 Å². The Kier molecular flexibility index (Phi) is 67.4. The first-order valence-corrected chi connectivity index (χ1v) is 75.8. The summed E-state index contributed by atoms with van der Waals surface area (Å²) in [7, 11) is 0. The number of nitrogens with zero attached hydrogens (tertiary/aromatic N) is 7. The zero-order valence-electron chi connectivity index (χ0n) is 53.9. The highest BCUT2D eigenvalue weighted by Crippen LogP contribution is 2.44. The lowest BCUT2D eigenvalue weighted by Gasteiger charge is -2.12. The first kappa shape index (κ1) is 130. The van der Waals surface area contributed by atoms with Crippen LogP contribution in [-0.2, 0) is 0 Å². The maximum atomic E-state index is 12.8. The molecular weight excluding hydrogens is 6380 g/mol. The van der Waals surface area contributed by atoms with E-state index in [2.05, 4.69) is 989 Å². The fourth-order valence-corrected chi connectivity index (χ4v) is 46.8. The monoisotopic (exact) mass is 6380 g/mol. The maximum Gasteiger partial charge on any atom is 0.179 e. The second-order valence-corrected chi connectivity index (χ2v) is 67.3. The lowest BCUT2D eigenvalue weighted by Crippen LogP contribution is -2.01. The van der Waals surface area contributed by atoms with Gasteiger partial charge in [-0.15, -0.1) is 11.3 Å². The molecule has 0 saturated carbocycles. The minimum Gasteiger partial charge on any atom is -0.442 e. The zero-order chi connectivity index (χ0) is 90.7. The average Bonchev–Trinajstić information content (AvgIpc) is 1.20. The van der Waals surface area contributed by atoms with Crippen molar-refractivity contribution in [1.82, 2.24) is 34.9 Å². The summed E-state index contributed by atoms with van der Waals surface area (Å²) in [6, 6.07) is 0. The van der Waals surface area contributed by atoms with E-state index >= 15 is 0 Å². The van der Waals surface area contributed by atoms with Crippen LogP contribution in [0.1, 0.15) is 5.56 Å². The average molecular weight is 6390 g/mol. The lowest BCUT2D eigenvalue weighted by atomic mass is 10.2. The molecule has 8 aromatic heterocycles. The van der Waals surface area contributed by atoms with Crippen LogP contribution < -0.4 is 0 Å². The fourth-order valence-electron chi connectivity index (χ4n) is 7.60. The Morgan fingerprint density at radius 1 is 0.261 bits per heavy atom. The molecule has 0 unspecified atom stereocenters. The van der Waals surface area contributed by atoms with Gasteiger partial charge in [0.1, 0.15) is 47.0 Å². The summed E-state index contributed by atoms with van der Waals surface area (Å²) < 4.78 is 97.0. The second-order valence-electron chi connectivity index (χ2n) is 20.3. The highest BCUT2D eigenvalue weighted by Gasteiger charge is 2.25. The predicted molar refractivity (Wildman–Crippen MR) is 847 cm³/mol. The van der Waals surface area contributed by atoms with Crippen molar-refractivity contribution in [3.8, 4) is 0 Å². The largest absolute Gasteiger partial charge is 0.442 e. The summed E-state index contributed by atoms with van der Waals surface area (Å²) in [4.78, 5) is 31.9. The SMILES string of the molecule is Cc1c(F)c(Cl)c(F)c(Cl)c1F.Ic1c(I)c(I)c(I)c(I)c1I.Ic1c(I)c(I)c2cscc2c1I.Ic1c(I)c(I)c2scnc2c1I.Ic1nc(I)c(I)c(I)c1I.Ic1nc2c(I)c(I)c(I)c(I)c2c(I)c1I.Ic1nc2c(I)c(I)c(I)c(I)c2nc1I.Ic1nc2nc(I)c(I)c(I)c2c(I)c1I.Ic1oc(I)c(I)c1I. The Hall–Kier alpha value is 21.9. The van der Waals surface area contributed by atoms with Crippen LogP contribution >= 0.6 is 995 Å². The van der Waals surface area contributed by atoms with Crippen molar-refractivity contribution in [2.24, 2.45) is 0 Å². The van der Waals surface area contributed by atoms with Crippen LogP contribution in [0.5, 0.6) is 0 Å². The van der Waals surface area contributed by atoms with E-state index in [0.717, 1.165) is 68.1 Å². The van der Waals surface area contributed by atoms with Crippen molar-refractivity contribution in [2.45, 2.75) is 6.92 Å². The number of thiophene rings is 1. The predicted octanol–water partition coefficient (Wildman–Crippen LogP) is 43.9. The third-order valence-electron chi connectivity index (χ3n) is 13.2. The summed E-state index contributed by atoms with van der Waals surface area (Å²) in [5.74, 6) is -3.49. The summed E-state index contributed by atoms with van der Waals surface area (Å²) in [5.41, 5.74) is 6.70. The van der Waals surface area contributed by atoms with Crippen molar-refractivity contribution < 1.29 is 17.6 Å². The number of pyridine rings is 4. The third-order valence-corrected chi connectivity index (χ3v) is 91.1. The van der Waals surface area contributed by atoms with Crippen LogP contribution in [0.3, 0.4) is 0 Å². The van der Waals surface area contributed by atoms with Gasteiger partial charge in [0.15, 0.2) is 30.6 Å². The molecule has 119 heavy (non-hydrogen) atoms. The molecule has 8 nitrogen and oxygen atoms in total. The van der Waals surface area contributed by atoms with Crippen LogP contribution in [0, 0.1) is 176 Å². The van der Waals surface area contributed by atoms with Gasteiger partial charge in [-0.3, -0.25) is 0 Å². The minimum atomic E-state index is -1.26. The van der Waals surface area contributed by atoms with Gasteiger partial charge in [0.2, 0.25) is 0 Å². The second kappa shape index (κ2) is 61.9. The van der Waals surface area contributed by atoms with Gasteiger partial charge in [0.05, 0.1) is 60.5 Å². The summed E-state index contributed by atoms with van der Waals surface area (Å²) >= 11 is 113. The normalized spacial score (nSPS) is 10.9. The first-order chi connectivity index (χ1) is 55.1. The molecule has 0 spiro atoms. The van der Waals surface area contributed by atoms with E-state index in [1.165, 1.54) is 144 Å². The highest BCUT2D eigenvalue weighted by atomic mass is 127. The summed E-state index contributed by atoms with van der Waals surface area (Å²) in [6.45, 7) is 1.13. The molecule has 0 aliphatic carbocycles. The van der Waals surface area contributed by atoms with Crippen LogP contribution in [0.4, 0.5) is 13.2 Å². The Bertz CT molecular complexity index is 5760. The number of fused-ring (bicyclic) bond motifs is 5. The van der Waals surface area contributed by atoms with Gasteiger partial charge in [0.25, 0.3) is 0 Å². The number of rotatable bonds is 0. The molecule has 0 bridgehead atoms. The van der Waals surface area contributed by atoms with Crippen LogP contribution in [0.25, 0.3) is 54.0 Å². The van der Waals surface area contributed by atoms with Crippen molar-refractivity contribution in [3.05, 3.63) is 201 Å². The Labute approximate surface area is 1270 Å². The molecule has 14 aromatic rings. The molecule has 0 aliphatic rings. The van der Waals surface area contributed by atoms with Crippen LogP contribution in [0.2, 0.25) is 10.0 Å². The molecule has 636 valence electrons. The van der Waals surface area contributed by atoms with E-state index in [0.29, 0.717) is 0 Å². The van der Waals surface area contributed by atoms with Crippen molar-refractivity contribution >= 4 is 1050 Å². The number of aromatic nitrogens is 7.